The van der Waals surface area contributed by atoms with E-state index < -0.39 is 24.2 Å². The first-order valence-electron chi connectivity index (χ1n) is 20.3. The Morgan fingerprint density at radius 3 is 1.44 bits per heavy atom. The first-order chi connectivity index (χ1) is 23.3. The van der Waals surface area contributed by atoms with Crippen LogP contribution in [0.4, 0.5) is 0 Å². The first kappa shape index (κ1) is 46.1. The number of carbonyl (C=O) groups excluding carboxylic acids is 2. The number of nitrogens with zero attached hydrogens (tertiary/aromatic N) is 1. The predicted octanol–water partition coefficient (Wildman–Crippen LogP) is 8.33. The van der Waals surface area contributed by atoms with Crippen molar-refractivity contribution in [2.45, 2.75) is 218 Å². The van der Waals surface area contributed by atoms with Crippen LogP contribution in [0.1, 0.15) is 200 Å². The second kappa shape index (κ2) is 35.0. The van der Waals surface area contributed by atoms with Crippen molar-refractivity contribution < 1.29 is 19.4 Å². The molecular formula is C39H79N5O4. The SMILES string of the molecule is CCCCCCCCCCCCCCCC(=O)NC(CCN=C(N)N)C(=O)OCC(N)C(O)CCCCCCCCCCCCCCC. The van der Waals surface area contributed by atoms with Gasteiger partial charge in [-0.05, 0) is 19.3 Å². The van der Waals surface area contributed by atoms with E-state index in [1.165, 1.54) is 135 Å². The molecule has 0 spiro atoms. The van der Waals surface area contributed by atoms with E-state index in [1.807, 2.05) is 0 Å². The van der Waals surface area contributed by atoms with Gasteiger partial charge in [-0.1, -0.05) is 174 Å². The Hall–Kier alpha value is -1.87. The van der Waals surface area contributed by atoms with Gasteiger partial charge in [-0.25, -0.2) is 4.79 Å². The van der Waals surface area contributed by atoms with Crippen molar-refractivity contribution in [3.05, 3.63) is 0 Å². The van der Waals surface area contributed by atoms with Gasteiger partial charge in [0.05, 0.1) is 12.1 Å². The van der Waals surface area contributed by atoms with Gasteiger partial charge in [0.15, 0.2) is 5.96 Å². The molecule has 48 heavy (non-hydrogen) atoms. The first-order valence-corrected chi connectivity index (χ1v) is 20.3. The molecule has 0 rings (SSSR count). The minimum absolute atomic E-state index is 0.0706. The standard InChI is InChI=1S/C39H79N5O4/c1-3-5-7-9-11-13-15-17-19-21-23-25-27-29-36(45)34(40)33-48-38(47)35(31-32-43-39(41)42)44-37(46)30-28-26-24-22-20-18-16-14-12-10-8-6-4-2/h34-36,45H,3-33,40H2,1-2H3,(H,44,46)(H4,41,42,43). The lowest BCUT2D eigenvalue weighted by atomic mass is 10.0. The third-order valence-corrected chi connectivity index (χ3v) is 9.35. The highest BCUT2D eigenvalue weighted by Crippen LogP contribution is 2.15. The third-order valence-electron chi connectivity index (χ3n) is 9.35. The van der Waals surface area contributed by atoms with Crippen molar-refractivity contribution in [1.82, 2.24) is 5.32 Å². The number of aliphatic hydroxyl groups is 1. The predicted molar refractivity (Wildman–Crippen MR) is 203 cm³/mol. The molecule has 0 heterocycles. The van der Waals surface area contributed by atoms with E-state index in [-0.39, 0.29) is 31.4 Å². The maximum Gasteiger partial charge on any atom is 0.328 e. The van der Waals surface area contributed by atoms with Crippen molar-refractivity contribution in [1.29, 1.82) is 0 Å². The second-order valence-corrected chi connectivity index (χ2v) is 14.1. The average molecular weight is 682 g/mol. The van der Waals surface area contributed by atoms with Crippen molar-refractivity contribution in [3.8, 4) is 0 Å². The maximum absolute atomic E-state index is 12.9. The fraction of sp³-hybridized carbons (Fsp3) is 0.923. The molecule has 9 nitrogen and oxygen atoms in total. The van der Waals surface area contributed by atoms with Crippen LogP contribution < -0.4 is 22.5 Å². The van der Waals surface area contributed by atoms with Crippen molar-refractivity contribution in [2.24, 2.45) is 22.2 Å². The summed E-state index contributed by atoms with van der Waals surface area (Å²) >= 11 is 0. The number of hydrogen-bond donors (Lipinski definition) is 5. The molecule has 0 aliphatic rings. The highest BCUT2D eigenvalue weighted by Gasteiger charge is 2.24. The van der Waals surface area contributed by atoms with Crippen molar-refractivity contribution in [3.63, 3.8) is 0 Å². The Morgan fingerprint density at radius 1 is 0.625 bits per heavy atom. The molecule has 0 aromatic rings. The molecule has 0 fully saturated rings. The van der Waals surface area contributed by atoms with Gasteiger partial charge in [-0.2, -0.15) is 0 Å². The quantitative estimate of drug-likeness (QED) is 0.0192. The van der Waals surface area contributed by atoms with Crippen molar-refractivity contribution >= 4 is 17.8 Å². The number of aliphatic hydroxyl groups excluding tert-OH is 1. The summed E-state index contributed by atoms with van der Waals surface area (Å²) in [5.74, 6) is -0.835. The molecule has 0 bridgehead atoms. The van der Waals surface area contributed by atoms with E-state index in [1.54, 1.807) is 0 Å². The number of guanidine groups is 1. The number of ether oxygens (including phenoxy) is 1. The summed E-state index contributed by atoms with van der Waals surface area (Å²) in [7, 11) is 0. The zero-order chi connectivity index (χ0) is 35.5. The number of hydrogen-bond acceptors (Lipinski definition) is 6. The second-order valence-electron chi connectivity index (χ2n) is 14.1. The van der Waals surface area contributed by atoms with Gasteiger partial charge < -0.3 is 32.4 Å². The van der Waals surface area contributed by atoms with Gasteiger partial charge in [0.1, 0.15) is 12.6 Å². The zero-order valence-electron chi connectivity index (χ0n) is 31.5. The summed E-state index contributed by atoms with van der Waals surface area (Å²) in [5.41, 5.74) is 17.0. The summed E-state index contributed by atoms with van der Waals surface area (Å²) < 4.78 is 5.44. The van der Waals surface area contributed by atoms with Crippen LogP contribution in [0, 0.1) is 0 Å². The largest absolute Gasteiger partial charge is 0.462 e. The van der Waals surface area contributed by atoms with Crippen LogP contribution in [0.2, 0.25) is 0 Å². The van der Waals surface area contributed by atoms with E-state index in [2.05, 4.69) is 24.2 Å². The maximum atomic E-state index is 12.9. The molecule has 0 aliphatic carbocycles. The number of nitrogens with two attached hydrogens (primary N) is 3. The fourth-order valence-electron chi connectivity index (χ4n) is 6.12. The van der Waals surface area contributed by atoms with Crippen molar-refractivity contribution in [2.75, 3.05) is 13.2 Å². The van der Waals surface area contributed by atoms with Crippen LogP contribution in [-0.4, -0.2) is 54.3 Å². The minimum Gasteiger partial charge on any atom is -0.462 e. The van der Waals surface area contributed by atoms with E-state index in [0.29, 0.717) is 12.8 Å². The Bertz CT molecular complexity index is 763. The lowest BCUT2D eigenvalue weighted by molar-refractivity contribution is -0.149. The minimum atomic E-state index is -0.868. The highest BCUT2D eigenvalue weighted by atomic mass is 16.5. The van der Waals surface area contributed by atoms with E-state index >= 15 is 0 Å². The summed E-state index contributed by atoms with van der Waals surface area (Å²) in [6.07, 6.45) is 33.1. The molecule has 3 atom stereocenters. The molecule has 0 aliphatic heterocycles. The summed E-state index contributed by atoms with van der Waals surface area (Å²) in [6.45, 7) is 4.60. The zero-order valence-corrected chi connectivity index (χ0v) is 31.5. The normalized spacial score (nSPS) is 13.2. The summed E-state index contributed by atoms with van der Waals surface area (Å²) in [4.78, 5) is 29.5. The Morgan fingerprint density at radius 2 is 1.02 bits per heavy atom. The summed E-state index contributed by atoms with van der Waals surface area (Å²) in [6, 6.07) is -1.54. The number of unbranched alkanes of at least 4 members (excludes halogenated alkanes) is 24. The van der Waals surface area contributed by atoms with E-state index in [9.17, 15) is 14.7 Å². The molecule has 0 aromatic heterocycles. The molecular weight excluding hydrogens is 602 g/mol. The lowest BCUT2D eigenvalue weighted by Gasteiger charge is -2.21. The number of rotatable bonds is 36. The fourth-order valence-corrected chi connectivity index (χ4v) is 6.12. The molecule has 1 amide bonds. The van der Waals surface area contributed by atoms with Gasteiger partial charge in [0.25, 0.3) is 0 Å². The Kier molecular flexibility index (Phi) is 33.6. The summed E-state index contributed by atoms with van der Waals surface area (Å²) in [5, 5.41) is 13.3. The van der Waals surface area contributed by atoms with Crippen LogP contribution in [0.15, 0.2) is 4.99 Å². The van der Waals surface area contributed by atoms with E-state index in [0.717, 1.165) is 32.1 Å². The van der Waals surface area contributed by atoms with Crippen LogP contribution in [0.3, 0.4) is 0 Å². The molecule has 0 radical (unpaired) electrons. The molecule has 0 saturated carbocycles. The Balaban J connectivity index is 4.15. The molecule has 0 aromatic carbocycles. The highest BCUT2D eigenvalue weighted by molar-refractivity contribution is 5.84. The van der Waals surface area contributed by atoms with Gasteiger partial charge in [0.2, 0.25) is 5.91 Å². The van der Waals surface area contributed by atoms with Crippen LogP contribution in [0.5, 0.6) is 0 Å². The number of nitrogens with one attached hydrogen (secondary N) is 1. The number of aliphatic imine (C=N–C) groups is 1. The van der Waals surface area contributed by atoms with Crippen LogP contribution >= 0.6 is 0 Å². The lowest BCUT2D eigenvalue weighted by Crippen LogP contribution is -2.45. The van der Waals surface area contributed by atoms with Gasteiger partial charge in [0, 0.05) is 13.0 Å². The van der Waals surface area contributed by atoms with Gasteiger partial charge in [-0.15, -0.1) is 0 Å². The van der Waals surface area contributed by atoms with Gasteiger partial charge in [-0.3, -0.25) is 9.79 Å². The molecule has 0 saturated heterocycles. The van der Waals surface area contributed by atoms with Gasteiger partial charge >= 0.3 is 5.97 Å². The molecule has 3 unspecified atom stereocenters. The number of esters is 1. The monoisotopic (exact) mass is 682 g/mol. The Labute approximate surface area is 295 Å². The van der Waals surface area contributed by atoms with Crippen LogP contribution in [-0.2, 0) is 14.3 Å². The molecule has 8 N–H and O–H groups in total. The third kappa shape index (κ3) is 31.4. The average Bonchev–Trinajstić information content (AvgIpc) is 3.06. The molecule has 284 valence electrons. The number of amides is 1. The topological polar surface area (TPSA) is 166 Å². The van der Waals surface area contributed by atoms with Crippen LogP contribution in [0.25, 0.3) is 0 Å². The molecule has 9 heteroatoms. The van der Waals surface area contributed by atoms with E-state index in [4.69, 9.17) is 21.9 Å². The smallest absolute Gasteiger partial charge is 0.328 e. The number of carbonyl (C=O) groups is 2.